The predicted octanol–water partition coefficient (Wildman–Crippen LogP) is 4.31. The lowest BCUT2D eigenvalue weighted by Crippen LogP contribution is -2.03. The number of alkyl halides is 1. The molecule has 2 nitrogen and oxygen atoms in total. The summed E-state index contributed by atoms with van der Waals surface area (Å²) in [6.07, 6.45) is 0. The summed E-state index contributed by atoms with van der Waals surface area (Å²) in [7, 11) is 2.97. The van der Waals surface area contributed by atoms with E-state index < -0.39 is 17.0 Å². The van der Waals surface area contributed by atoms with E-state index in [1.807, 2.05) is 0 Å². The predicted molar refractivity (Wildman–Crippen MR) is 73.6 cm³/mol. The molecule has 1 unspecified atom stereocenters. The minimum atomic E-state index is -0.989. The Hall–Kier alpha value is -1.81. The van der Waals surface area contributed by atoms with Crippen molar-refractivity contribution in [2.45, 2.75) is 5.38 Å². The van der Waals surface area contributed by atoms with Crippen molar-refractivity contribution in [3.8, 4) is 11.5 Å². The van der Waals surface area contributed by atoms with Gasteiger partial charge in [0.25, 0.3) is 0 Å². The number of methoxy groups -OCH3 is 2. The first-order valence-electron chi connectivity index (χ1n) is 5.88. The Morgan fingerprint density at radius 2 is 1.65 bits per heavy atom. The standard InChI is InChI=1S/C15H13ClF2O2/c1-19-9-6-7-10(13(8-9)20-2)15(16)14-11(17)4-3-5-12(14)18/h3-8,15H,1-2H3. The molecule has 0 amide bonds. The maximum absolute atomic E-state index is 13.8. The van der Waals surface area contributed by atoms with Crippen LogP contribution in [0.5, 0.6) is 11.5 Å². The van der Waals surface area contributed by atoms with Crippen molar-refractivity contribution >= 4 is 11.6 Å². The third-order valence-electron chi connectivity index (χ3n) is 2.97. The zero-order valence-corrected chi connectivity index (χ0v) is 11.7. The van der Waals surface area contributed by atoms with Crippen LogP contribution in [0.3, 0.4) is 0 Å². The van der Waals surface area contributed by atoms with Crippen molar-refractivity contribution < 1.29 is 18.3 Å². The summed E-state index contributed by atoms with van der Waals surface area (Å²) in [6.45, 7) is 0. The first kappa shape index (κ1) is 14.6. The van der Waals surface area contributed by atoms with E-state index in [9.17, 15) is 8.78 Å². The van der Waals surface area contributed by atoms with Crippen molar-refractivity contribution in [2.75, 3.05) is 14.2 Å². The monoisotopic (exact) mass is 298 g/mol. The fraction of sp³-hybridized carbons (Fsp3) is 0.200. The maximum atomic E-state index is 13.8. The maximum Gasteiger partial charge on any atom is 0.131 e. The van der Waals surface area contributed by atoms with Crippen LogP contribution >= 0.6 is 11.6 Å². The molecule has 0 saturated heterocycles. The van der Waals surface area contributed by atoms with Gasteiger partial charge in [-0.3, -0.25) is 0 Å². The van der Waals surface area contributed by atoms with E-state index in [0.717, 1.165) is 0 Å². The van der Waals surface area contributed by atoms with Gasteiger partial charge in [0.05, 0.1) is 19.6 Å². The van der Waals surface area contributed by atoms with Crippen LogP contribution in [0.1, 0.15) is 16.5 Å². The lowest BCUT2D eigenvalue weighted by Gasteiger charge is -2.16. The smallest absolute Gasteiger partial charge is 0.131 e. The Morgan fingerprint density at radius 3 is 2.20 bits per heavy atom. The van der Waals surface area contributed by atoms with Crippen molar-refractivity contribution in [1.29, 1.82) is 0 Å². The molecule has 0 saturated carbocycles. The zero-order valence-electron chi connectivity index (χ0n) is 11.0. The molecule has 0 aliphatic carbocycles. The van der Waals surface area contributed by atoms with Crippen molar-refractivity contribution in [3.05, 3.63) is 59.2 Å². The van der Waals surface area contributed by atoms with Gasteiger partial charge in [0.15, 0.2) is 0 Å². The first-order valence-corrected chi connectivity index (χ1v) is 6.32. The van der Waals surface area contributed by atoms with Gasteiger partial charge in [0, 0.05) is 17.2 Å². The van der Waals surface area contributed by atoms with Crippen molar-refractivity contribution in [1.82, 2.24) is 0 Å². The molecule has 0 aromatic heterocycles. The highest BCUT2D eigenvalue weighted by molar-refractivity contribution is 6.22. The van der Waals surface area contributed by atoms with Crippen LogP contribution < -0.4 is 9.47 Å². The van der Waals surface area contributed by atoms with E-state index in [1.165, 1.54) is 32.4 Å². The Morgan fingerprint density at radius 1 is 1.00 bits per heavy atom. The Kier molecular flexibility index (Phi) is 4.45. The van der Waals surface area contributed by atoms with E-state index in [2.05, 4.69) is 0 Å². The van der Waals surface area contributed by atoms with Crippen molar-refractivity contribution in [2.24, 2.45) is 0 Å². The summed E-state index contributed by atoms with van der Waals surface area (Å²) in [5, 5.41) is -0.989. The highest BCUT2D eigenvalue weighted by Gasteiger charge is 2.22. The molecule has 106 valence electrons. The average Bonchev–Trinajstić information content (AvgIpc) is 2.46. The molecule has 2 rings (SSSR count). The second-order valence-corrected chi connectivity index (χ2v) is 4.54. The van der Waals surface area contributed by atoms with Crippen LogP contribution in [-0.2, 0) is 0 Å². The summed E-state index contributed by atoms with van der Waals surface area (Å²) in [5.74, 6) is -0.402. The minimum Gasteiger partial charge on any atom is -0.497 e. The zero-order chi connectivity index (χ0) is 14.7. The van der Waals surface area contributed by atoms with Gasteiger partial charge in [-0.15, -0.1) is 11.6 Å². The quantitative estimate of drug-likeness (QED) is 0.783. The van der Waals surface area contributed by atoms with E-state index in [-0.39, 0.29) is 5.56 Å². The lowest BCUT2D eigenvalue weighted by atomic mass is 10.0. The summed E-state index contributed by atoms with van der Waals surface area (Å²) in [6, 6.07) is 8.53. The summed E-state index contributed by atoms with van der Waals surface area (Å²) in [5.41, 5.74) is 0.275. The van der Waals surface area contributed by atoms with Gasteiger partial charge >= 0.3 is 0 Å². The molecule has 0 aliphatic rings. The van der Waals surface area contributed by atoms with Crippen LogP contribution in [0.4, 0.5) is 8.78 Å². The average molecular weight is 299 g/mol. The van der Waals surface area contributed by atoms with E-state index in [0.29, 0.717) is 17.1 Å². The second-order valence-electron chi connectivity index (χ2n) is 4.11. The highest BCUT2D eigenvalue weighted by atomic mass is 35.5. The molecule has 0 fully saturated rings. The second kappa shape index (κ2) is 6.09. The van der Waals surface area contributed by atoms with Gasteiger partial charge in [0.1, 0.15) is 23.1 Å². The Bertz CT molecular complexity index is 597. The third-order valence-corrected chi connectivity index (χ3v) is 3.42. The number of hydrogen-bond acceptors (Lipinski definition) is 2. The first-order chi connectivity index (χ1) is 9.58. The SMILES string of the molecule is COc1ccc(C(Cl)c2c(F)cccc2F)c(OC)c1. The molecule has 5 heteroatoms. The number of hydrogen-bond donors (Lipinski definition) is 0. The van der Waals surface area contributed by atoms with Gasteiger partial charge in [-0.05, 0) is 24.3 Å². The van der Waals surface area contributed by atoms with Gasteiger partial charge in [-0.1, -0.05) is 6.07 Å². The van der Waals surface area contributed by atoms with Crippen molar-refractivity contribution in [3.63, 3.8) is 0 Å². The number of halogens is 3. The molecule has 0 aliphatic heterocycles. The molecular weight excluding hydrogens is 286 g/mol. The fourth-order valence-corrected chi connectivity index (χ4v) is 2.32. The Labute approximate surface area is 120 Å². The molecule has 2 aromatic carbocycles. The number of rotatable bonds is 4. The van der Waals surface area contributed by atoms with Gasteiger partial charge in [-0.2, -0.15) is 0 Å². The molecule has 0 bridgehead atoms. The molecule has 0 N–H and O–H groups in total. The molecule has 0 heterocycles. The Balaban J connectivity index is 2.50. The van der Waals surface area contributed by atoms with Gasteiger partial charge < -0.3 is 9.47 Å². The van der Waals surface area contributed by atoms with Gasteiger partial charge in [0.2, 0.25) is 0 Å². The lowest BCUT2D eigenvalue weighted by molar-refractivity contribution is 0.391. The van der Waals surface area contributed by atoms with Crippen LogP contribution in [0.25, 0.3) is 0 Å². The van der Waals surface area contributed by atoms with Crippen LogP contribution in [-0.4, -0.2) is 14.2 Å². The van der Waals surface area contributed by atoms with Crippen LogP contribution in [0.15, 0.2) is 36.4 Å². The molecule has 0 spiro atoms. The number of ether oxygens (including phenoxy) is 2. The van der Waals surface area contributed by atoms with Crippen LogP contribution in [0, 0.1) is 11.6 Å². The molecular formula is C15H13ClF2O2. The summed E-state index contributed by atoms with van der Waals surface area (Å²) in [4.78, 5) is 0. The minimum absolute atomic E-state index is 0.197. The molecule has 0 radical (unpaired) electrons. The third kappa shape index (κ3) is 2.70. The highest BCUT2D eigenvalue weighted by Crippen LogP contribution is 2.38. The van der Waals surface area contributed by atoms with Gasteiger partial charge in [-0.25, -0.2) is 8.78 Å². The number of benzene rings is 2. The topological polar surface area (TPSA) is 18.5 Å². The molecule has 20 heavy (non-hydrogen) atoms. The molecule has 2 aromatic rings. The molecule has 1 atom stereocenters. The van der Waals surface area contributed by atoms with E-state index in [4.69, 9.17) is 21.1 Å². The van der Waals surface area contributed by atoms with E-state index >= 15 is 0 Å². The van der Waals surface area contributed by atoms with E-state index in [1.54, 1.807) is 18.2 Å². The summed E-state index contributed by atoms with van der Waals surface area (Å²) >= 11 is 6.22. The van der Waals surface area contributed by atoms with Crippen LogP contribution in [0.2, 0.25) is 0 Å². The fourth-order valence-electron chi connectivity index (χ4n) is 1.94. The normalized spacial score (nSPS) is 12.1. The summed E-state index contributed by atoms with van der Waals surface area (Å²) < 4.78 is 37.8. The largest absolute Gasteiger partial charge is 0.497 e.